The minimum atomic E-state index is -0.798. The highest BCUT2D eigenvalue weighted by Crippen LogP contribution is 2.08. The topological polar surface area (TPSA) is 59.0 Å². The maximum atomic E-state index is 10.6. The van der Waals surface area contributed by atoms with Gasteiger partial charge in [0.25, 0.3) is 0 Å². The van der Waals surface area contributed by atoms with E-state index < -0.39 is 5.97 Å². The van der Waals surface area contributed by atoms with Crippen molar-refractivity contribution < 1.29 is 19.4 Å². The minimum absolute atomic E-state index is 0.0867. The fourth-order valence-corrected chi connectivity index (χ4v) is 1.81. The van der Waals surface area contributed by atoms with Crippen molar-refractivity contribution in [2.45, 2.75) is 26.4 Å². The molecule has 1 aliphatic rings. The van der Waals surface area contributed by atoms with Gasteiger partial charge in [0.05, 0.1) is 25.7 Å². The molecule has 0 bridgehead atoms. The molecule has 100 valence electrons. The lowest BCUT2D eigenvalue weighted by molar-refractivity contribution is -0.142. The van der Waals surface area contributed by atoms with Gasteiger partial charge in [-0.1, -0.05) is 13.8 Å². The quantitative estimate of drug-likeness (QED) is 0.673. The summed E-state index contributed by atoms with van der Waals surface area (Å²) in [6, 6.07) is 0. The molecule has 1 aliphatic heterocycles. The molecule has 5 nitrogen and oxygen atoms in total. The maximum Gasteiger partial charge on any atom is 0.306 e. The van der Waals surface area contributed by atoms with Crippen LogP contribution in [0.3, 0.4) is 0 Å². The number of hydrogen-bond donors (Lipinski definition) is 1. The molecule has 17 heavy (non-hydrogen) atoms. The summed E-state index contributed by atoms with van der Waals surface area (Å²) >= 11 is 0. The molecule has 0 saturated carbocycles. The van der Waals surface area contributed by atoms with Gasteiger partial charge in [0, 0.05) is 26.2 Å². The zero-order valence-electron chi connectivity index (χ0n) is 10.7. The van der Waals surface area contributed by atoms with E-state index in [9.17, 15) is 4.79 Å². The molecule has 1 heterocycles. The van der Waals surface area contributed by atoms with Crippen LogP contribution in [-0.2, 0) is 14.3 Å². The number of carboxylic acid groups (broad SMARTS) is 1. The third-order valence-electron chi connectivity index (χ3n) is 2.63. The summed E-state index contributed by atoms with van der Waals surface area (Å²) in [4.78, 5) is 12.8. The Morgan fingerprint density at radius 2 is 2.35 bits per heavy atom. The first-order valence-electron chi connectivity index (χ1n) is 6.21. The SMILES string of the molecule is CC(C)COCCN1CCOC(CC(=O)O)C1. The van der Waals surface area contributed by atoms with E-state index >= 15 is 0 Å². The number of hydrogen-bond acceptors (Lipinski definition) is 4. The van der Waals surface area contributed by atoms with Gasteiger partial charge in [-0.05, 0) is 5.92 Å². The van der Waals surface area contributed by atoms with Crippen LogP contribution in [0.25, 0.3) is 0 Å². The zero-order valence-corrected chi connectivity index (χ0v) is 10.7. The summed E-state index contributed by atoms with van der Waals surface area (Å²) < 4.78 is 10.9. The van der Waals surface area contributed by atoms with Crippen molar-refractivity contribution in [3.8, 4) is 0 Å². The molecule has 1 atom stereocenters. The summed E-state index contributed by atoms with van der Waals surface area (Å²) in [6.45, 7) is 8.75. The highest BCUT2D eigenvalue weighted by molar-refractivity contribution is 5.67. The number of ether oxygens (including phenoxy) is 2. The third kappa shape index (κ3) is 6.61. The molecular formula is C12H23NO4. The van der Waals surface area contributed by atoms with Crippen molar-refractivity contribution in [3.63, 3.8) is 0 Å². The Kier molecular flexibility index (Phi) is 6.47. The first-order valence-corrected chi connectivity index (χ1v) is 6.21. The van der Waals surface area contributed by atoms with Gasteiger partial charge < -0.3 is 14.6 Å². The molecule has 0 radical (unpaired) electrons. The predicted octanol–water partition coefficient (Wildman–Crippen LogP) is 0.835. The van der Waals surface area contributed by atoms with Crippen LogP contribution >= 0.6 is 0 Å². The van der Waals surface area contributed by atoms with Gasteiger partial charge in [-0.3, -0.25) is 9.69 Å². The Hall–Kier alpha value is -0.650. The molecule has 1 N–H and O–H groups in total. The van der Waals surface area contributed by atoms with Gasteiger partial charge in [-0.15, -0.1) is 0 Å². The van der Waals surface area contributed by atoms with Crippen molar-refractivity contribution in [1.82, 2.24) is 4.90 Å². The molecule has 0 spiro atoms. The van der Waals surface area contributed by atoms with E-state index in [1.807, 2.05) is 0 Å². The maximum absolute atomic E-state index is 10.6. The van der Waals surface area contributed by atoms with E-state index in [1.165, 1.54) is 0 Å². The van der Waals surface area contributed by atoms with Crippen molar-refractivity contribution in [3.05, 3.63) is 0 Å². The summed E-state index contributed by atoms with van der Waals surface area (Å²) in [7, 11) is 0. The highest BCUT2D eigenvalue weighted by atomic mass is 16.5. The average Bonchev–Trinajstić information content (AvgIpc) is 2.24. The number of morpholine rings is 1. The Bertz CT molecular complexity index is 233. The standard InChI is InChI=1S/C12H23NO4/c1-10(2)9-16-5-3-13-4-6-17-11(8-13)7-12(14)15/h10-11H,3-9H2,1-2H3,(H,14,15). The second kappa shape index (κ2) is 7.63. The number of aliphatic carboxylic acids is 1. The van der Waals surface area contributed by atoms with Crippen LogP contribution in [-0.4, -0.2) is 61.5 Å². The summed E-state index contributed by atoms with van der Waals surface area (Å²) in [5.41, 5.74) is 0. The van der Waals surface area contributed by atoms with Gasteiger partial charge in [0.2, 0.25) is 0 Å². The van der Waals surface area contributed by atoms with E-state index in [4.69, 9.17) is 14.6 Å². The average molecular weight is 245 g/mol. The van der Waals surface area contributed by atoms with E-state index in [1.54, 1.807) is 0 Å². The van der Waals surface area contributed by atoms with Crippen molar-refractivity contribution >= 4 is 5.97 Å². The Labute approximate surface area is 103 Å². The predicted molar refractivity (Wildman–Crippen MR) is 64.1 cm³/mol. The second-order valence-electron chi connectivity index (χ2n) is 4.86. The van der Waals surface area contributed by atoms with Crippen LogP contribution in [0.2, 0.25) is 0 Å². The highest BCUT2D eigenvalue weighted by Gasteiger charge is 2.22. The number of rotatable bonds is 7. The summed E-state index contributed by atoms with van der Waals surface area (Å²) in [5.74, 6) is -0.243. The lowest BCUT2D eigenvalue weighted by Gasteiger charge is -2.32. The molecule has 0 aromatic heterocycles. The Balaban J connectivity index is 2.14. The van der Waals surface area contributed by atoms with E-state index in [-0.39, 0.29) is 12.5 Å². The molecule has 0 aromatic rings. The summed E-state index contributed by atoms with van der Waals surface area (Å²) in [5, 5.41) is 8.70. The molecule has 0 amide bonds. The van der Waals surface area contributed by atoms with Crippen molar-refractivity contribution in [1.29, 1.82) is 0 Å². The van der Waals surface area contributed by atoms with Crippen molar-refractivity contribution in [2.24, 2.45) is 5.92 Å². The van der Waals surface area contributed by atoms with E-state index in [0.717, 1.165) is 19.7 Å². The molecule has 1 unspecified atom stereocenters. The lowest BCUT2D eigenvalue weighted by atomic mass is 10.2. The second-order valence-corrected chi connectivity index (χ2v) is 4.86. The summed E-state index contributed by atoms with van der Waals surface area (Å²) in [6.07, 6.45) is -0.0880. The van der Waals surface area contributed by atoms with Gasteiger partial charge in [0.1, 0.15) is 0 Å². The Morgan fingerprint density at radius 3 is 3.00 bits per heavy atom. The molecular weight excluding hydrogens is 222 g/mol. The molecule has 1 fully saturated rings. The first-order chi connectivity index (χ1) is 8.08. The van der Waals surface area contributed by atoms with Gasteiger partial charge in [0.15, 0.2) is 0 Å². The van der Waals surface area contributed by atoms with Gasteiger partial charge in [-0.2, -0.15) is 0 Å². The van der Waals surface area contributed by atoms with E-state index in [0.29, 0.717) is 25.7 Å². The van der Waals surface area contributed by atoms with Crippen LogP contribution in [0.5, 0.6) is 0 Å². The van der Waals surface area contributed by atoms with Crippen LogP contribution in [0.15, 0.2) is 0 Å². The van der Waals surface area contributed by atoms with Crippen LogP contribution in [0.4, 0.5) is 0 Å². The minimum Gasteiger partial charge on any atom is -0.481 e. The molecule has 0 aromatic carbocycles. The van der Waals surface area contributed by atoms with Crippen LogP contribution in [0, 0.1) is 5.92 Å². The Morgan fingerprint density at radius 1 is 1.59 bits per heavy atom. The van der Waals surface area contributed by atoms with Crippen LogP contribution < -0.4 is 0 Å². The number of carboxylic acids is 1. The monoisotopic (exact) mass is 245 g/mol. The van der Waals surface area contributed by atoms with Gasteiger partial charge in [-0.25, -0.2) is 0 Å². The normalized spacial score (nSPS) is 21.9. The van der Waals surface area contributed by atoms with Crippen LogP contribution in [0.1, 0.15) is 20.3 Å². The molecule has 1 saturated heterocycles. The molecule has 5 heteroatoms. The zero-order chi connectivity index (χ0) is 12.7. The fourth-order valence-electron chi connectivity index (χ4n) is 1.81. The largest absolute Gasteiger partial charge is 0.481 e. The molecule has 1 rings (SSSR count). The van der Waals surface area contributed by atoms with E-state index in [2.05, 4.69) is 18.7 Å². The number of carbonyl (C=O) groups is 1. The van der Waals surface area contributed by atoms with Crippen molar-refractivity contribution in [2.75, 3.05) is 39.5 Å². The molecule has 0 aliphatic carbocycles. The number of nitrogens with zero attached hydrogens (tertiary/aromatic N) is 1. The third-order valence-corrected chi connectivity index (χ3v) is 2.63. The van der Waals surface area contributed by atoms with Gasteiger partial charge >= 0.3 is 5.97 Å². The fraction of sp³-hybridized carbons (Fsp3) is 0.917. The smallest absolute Gasteiger partial charge is 0.306 e. The lowest BCUT2D eigenvalue weighted by Crippen LogP contribution is -2.44. The first kappa shape index (κ1) is 14.4.